The van der Waals surface area contributed by atoms with Crippen molar-refractivity contribution in [3.63, 3.8) is 0 Å². The van der Waals surface area contributed by atoms with Gasteiger partial charge in [0.15, 0.2) is 0 Å². The molecule has 0 saturated heterocycles. The molecular formula is C7H11N2S. The van der Waals surface area contributed by atoms with Crippen molar-refractivity contribution in [3.8, 4) is 0 Å². The van der Waals surface area contributed by atoms with E-state index in [2.05, 4.69) is 16.9 Å². The van der Waals surface area contributed by atoms with Crippen molar-refractivity contribution in [2.45, 2.75) is 25.0 Å². The number of aromatic nitrogens is 2. The Morgan fingerprint density at radius 1 is 1.80 bits per heavy atom. The second-order valence-electron chi connectivity index (χ2n) is 2.25. The molecule has 55 valence electrons. The average molecular weight is 155 g/mol. The summed E-state index contributed by atoms with van der Waals surface area (Å²) in [7, 11) is 0. The highest BCUT2D eigenvalue weighted by Gasteiger charge is 2.06. The summed E-state index contributed by atoms with van der Waals surface area (Å²) in [5.41, 5.74) is 0. The standard InChI is InChI=1S/C7H11N2S/c1-2-3-6(10)7-8-4-5-9-7/h4-6H,2-3H2,1H3,(H,8,9). The highest BCUT2D eigenvalue weighted by atomic mass is 32.1. The lowest BCUT2D eigenvalue weighted by atomic mass is 10.2. The summed E-state index contributed by atoms with van der Waals surface area (Å²) in [6.45, 7) is 2.13. The summed E-state index contributed by atoms with van der Waals surface area (Å²) >= 11 is 5.16. The molecule has 0 bridgehead atoms. The van der Waals surface area contributed by atoms with E-state index in [0.29, 0.717) is 0 Å². The number of H-pyrrole nitrogens is 1. The fourth-order valence-corrected chi connectivity index (χ4v) is 1.22. The Kier molecular flexibility index (Phi) is 2.81. The van der Waals surface area contributed by atoms with E-state index >= 15 is 0 Å². The lowest BCUT2D eigenvalue weighted by Crippen LogP contribution is -1.91. The first kappa shape index (κ1) is 7.66. The van der Waals surface area contributed by atoms with Gasteiger partial charge in [0.2, 0.25) is 0 Å². The molecule has 1 atom stereocenters. The van der Waals surface area contributed by atoms with Crippen LogP contribution in [0.4, 0.5) is 0 Å². The van der Waals surface area contributed by atoms with E-state index in [9.17, 15) is 0 Å². The van der Waals surface area contributed by atoms with E-state index in [4.69, 9.17) is 12.6 Å². The smallest absolute Gasteiger partial charge is 0.120 e. The van der Waals surface area contributed by atoms with Crippen LogP contribution in [0.25, 0.3) is 0 Å². The van der Waals surface area contributed by atoms with Gasteiger partial charge in [-0.05, 0) is 6.42 Å². The molecule has 2 nitrogen and oxygen atoms in total. The second kappa shape index (κ2) is 3.66. The third kappa shape index (κ3) is 1.77. The van der Waals surface area contributed by atoms with Gasteiger partial charge >= 0.3 is 0 Å². The molecule has 1 N–H and O–H groups in total. The number of imidazole rings is 1. The Hall–Kier alpha value is -0.440. The summed E-state index contributed by atoms with van der Waals surface area (Å²) in [5, 5.41) is 0.167. The van der Waals surface area contributed by atoms with Crippen molar-refractivity contribution in [2.75, 3.05) is 0 Å². The highest BCUT2D eigenvalue weighted by molar-refractivity contribution is 7.80. The molecule has 0 aliphatic heterocycles. The van der Waals surface area contributed by atoms with E-state index in [-0.39, 0.29) is 5.25 Å². The molecule has 0 aromatic carbocycles. The molecule has 0 aliphatic carbocycles. The fraction of sp³-hybridized carbons (Fsp3) is 0.571. The Balaban J connectivity index is 2.50. The number of hydrogen-bond acceptors (Lipinski definition) is 1. The van der Waals surface area contributed by atoms with Gasteiger partial charge in [0.1, 0.15) is 5.82 Å². The number of rotatable bonds is 3. The highest BCUT2D eigenvalue weighted by Crippen LogP contribution is 2.20. The number of aromatic amines is 1. The van der Waals surface area contributed by atoms with Gasteiger partial charge in [0, 0.05) is 12.4 Å². The van der Waals surface area contributed by atoms with Crippen LogP contribution in [0.1, 0.15) is 30.8 Å². The van der Waals surface area contributed by atoms with E-state index in [1.54, 1.807) is 6.20 Å². The summed E-state index contributed by atoms with van der Waals surface area (Å²) < 4.78 is 0. The maximum Gasteiger partial charge on any atom is 0.120 e. The van der Waals surface area contributed by atoms with Crippen LogP contribution in [-0.2, 0) is 0 Å². The first-order valence-electron chi connectivity index (χ1n) is 3.49. The minimum atomic E-state index is 0.167. The number of hydrogen-bond donors (Lipinski definition) is 1. The van der Waals surface area contributed by atoms with Gasteiger partial charge in [0.25, 0.3) is 0 Å². The minimum absolute atomic E-state index is 0.167. The quantitative estimate of drug-likeness (QED) is 0.713. The SMILES string of the molecule is CCCC([S])c1ncc[nH]1. The molecule has 1 aromatic heterocycles. The van der Waals surface area contributed by atoms with Gasteiger partial charge in [-0.25, -0.2) is 4.98 Å². The molecule has 1 unspecified atom stereocenters. The Labute approximate surface area is 66.5 Å². The van der Waals surface area contributed by atoms with Crippen LogP contribution >= 0.6 is 12.6 Å². The van der Waals surface area contributed by atoms with Crippen LogP contribution in [0.3, 0.4) is 0 Å². The monoisotopic (exact) mass is 155 g/mol. The normalized spacial score (nSPS) is 13.4. The van der Waals surface area contributed by atoms with Crippen LogP contribution in [0, 0.1) is 0 Å². The van der Waals surface area contributed by atoms with Crippen molar-refractivity contribution in [3.05, 3.63) is 18.2 Å². The molecule has 1 rings (SSSR count). The second-order valence-corrected chi connectivity index (χ2v) is 2.82. The molecular weight excluding hydrogens is 144 g/mol. The fourth-order valence-electron chi connectivity index (χ4n) is 0.852. The lowest BCUT2D eigenvalue weighted by molar-refractivity contribution is 0.750. The minimum Gasteiger partial charge on any atom is -0.348 e. The molecule has 1 radical (unpaired) electrons. The van der Waals surface area contributed by atoms with Crippen molar-refractivity contribution in [1.29, 1.82) is 0 Å². The predicted octanol–water partition coefficient (Wildman–Crippen LogP) is 2.45. The first-order chi connectivity index (χ1) is 4.84. The largest absolute Gasteiger partial charge is 0.348 e. The molecule has 1 heterocycles. The van der Waals surface area contributed by atoms with Gasteiger partial charge in [-0.3, -0.25) is 0 Å². The number of nitrogens with zero attached hydrogens (tertiary/aromatic N) is 1. The molecule has 0 spiro atoms. The van der Waals surface area contributed by atoms with Crippen molar-refractivity contribution >= 4 is 12.6 Å². The van der Waals surface area contributed by atoms with E-state index in [1.807, 2.05) is 6.20 Å². The van der Waals surface area contributed by atoms with E-state index in [1.165, 1.54) is 0 Å². The van der Waals surface area contributed by atoms with Crippen LogP contribution in [-0.4, -0.2) is 9.97 Å². The Morgan fingerprint density at radius 3 is 3.10 bits per heavy atom. The summed E-state index contributed by atoms with van der Waals surface area (Å²) in [6, 6.07) is 0. The third-order valence-electron chi connectivity index (χ3n) is 1.38. The molecule has 0 fully saturated rings. The molecule has 3 heteroatoms. The molecule has 1 aromatic rings. The van der Waals surface area contributed by atoms with Crippen molar-refractivity contribution in [2.24, 2.45) is 0 Å². The van der Waals surface area contributed by atoms with Gasteiger partial charge < -0.3 is 4.98 Å². The molecule has 0 saturated carbocycles. The van der Waals surface area contributed by atoms with Gasteiger partial charge in [-0.2, -0.15) is 0 Å². The van der Waals surface area contributed by atoms with Gasteiger partial charge in [-0.1, -0.05) is 26.0 Å². The Bertz CT molecular complexity index is 172. The van der Waals surface area contributed by atoms with Crippen LogP contribution in [0.5, 0.6) is 0 Å². The maximum atomic E-state index is 5.16. The summed E-state index contributed by atoms with van der Waals surface area (Å²) in [6.07, 6.45) is 5.70. The lowest BCUT2D eigenvalue weighted by Gasteiger charge is -2.02. The van der Waals surface area contributed by atoms with E-state index in [0.717, 1.165) is 18.7 Å². The van der Waals surface area contributed by atoms with Crippen LogP contribution in [0.15, 0.2) is 12.4 Å². The summed E-state index contributed by atoms with van der Waals surface area (Å²) in [5.74, 6) is 0.928. The topological polar surface area (TPSA) is 28.7 Å². The Morgan fingerprint density at radius 2 is 2.60 bits per heavy atom. The summed E-state index contributed by atoms with van der Waals surface area (Å²) in [4.78, 5) is 7.08. The molecule has 10 heavy (non-hydrogen) atoms. The molecule has 0 amide bonds. The van der Waals surface area contributed by atoms with Crippen LogP contribution in [0.2, 0.25) is 0 Å². The van der Waals surface area contributed by atoms with E-state index < -0.39 is 0 Å². The van der Waals surface area contributed by atoms with Crippen molar-refractivity contribution in [1.82, 2.24) is 9.97 Å². The third-order valence-corrected chi connectivity index (χ3v) is 1.83. The molecule has 0 aliphatic rings. The zero-order chi connectivity index (χ0) is 7.40. The zero-order valence-corrected chi connectivity index (χ0v) is 6.82. The van der Waals surface area contributed by atoms with Crippen LogP contribution < -0.4 is 0 Å². The van der Waals surface area contributed by atoms with Gasteiger partial charge in [-0.15, -0.1) is 0 Å². The number of nitrogens with one attached hydrogen (secondary N) is 1. The first-order valence-corrected chi connectivity index (χ1v) is 3.96. The zero-order valence-electron chi connectivity index (χ0n) is 6.00. The predicted molar refractivity (Wildman–Crippen MR) is 43.8 cm³/mol. The maximum absolute atomic E-state index is 5.16. The van der Waals surface area contributed by atoms with Gasteiger partial charge in [0.05, 0.1) is 5.25 Å². The average Bonchev–Trinajstić information content (AvgIpc) is 2.38. The van der Waals surface area contributed by atoms with Crippen molar-refractivity contribution < 1.29 is 0 Å².